The molecule has 16 rings (SSSR count). The number of nitrogens with zero attached hydrogens (tertiary/aromatic N) is 1. The second-order valence-corrected chi connectivity index (χ2v) is 21.8. The molecule has 5 aliphatic rings. The van der Waals surface area contributed by atoms with E-state index in [1.54, 1.807) is 11.1 Å². The third-order valence-electron chi connectivity index (χ3n) is 18.2. The minimum absolute atomic E-state index is 0.200. The van der Waals surface area contributed by atoms with E-state index in [1.807, 2.05) is 11.3 Å². The summed E-state index contributed by atoms with van der Waals surface area (Å²) in [5, 5.41) is 5.16. The Morgan fingerprint density at radius 3 is 1.71 bits per heavy atom. The molecular formula is C67H47NS. The number of anilines is 3. The van der Waals surface area contributed by atoms with Crippen LogP contribution in [-0.4, -0.2) is 0 Å². The average Bonchev–Trinajstić information content (AvgIpc) is 3.92. The number of fused-ring (bicyclic) bond motifs is 11. The van der Waals surface area contributed by atoms with Crippen LogP contribution in [0.15, 0.2) is 224 Å². The Balaban J connectivity index is 0.838. The molecule has 2 spiro atoms. The van der Waals surface area contributed by atoms with Crippen molar-refractivity contribution in [1.29, 1.82) is 0 Å². The molecule has 11 aromatic rings. The van der Waals surface area contributed by atoms with Crippen molar-refractivity contribution in [3.05, 3.63) is 236 Å². The Labute approximate surface area is 407 Å². The van der Waals surface area contributed by atoms with Gasteiger partial charge in [-0.05, 0) is 169 Å². The van der Waals surface area contributed by atoms with Crippen LogP contribution in [0.2, 0.25) is 0 Å². The molecule has 0 amide bonds. The smallest absolute Gasteiger partial charge is 0.0540 e. The van der Waals surface area contributed by atoms with Gasteiger partial charge >= 0.3 is 0 Å². The van der Waals surface area contributed by atoms with Crippen molar-refractivity contribution >= 4 is 59.3 Å². The minimum atomic E-state index is 0.200. The summed E-state index contributed by atoms with van der Waals surface area (Å²) in [5.74, 6) is 3.62. The molecule has 0 saturated heterocycles. The van der Waals surface area contributed by atoms with Gasteiger partial charge in [0.2, 0.25) is 0 Å². The Morgan fingerprint density at radius 1 is 0.377 bits per heavy atom. The molecule has 1 heterocycles. The highest BCUT2D eigenvalue weighted by molar-refractivity contribution is 7.25. The number of benzene rings is 10. The van der Waals surface area contributed by atoms with Gasteiger partial charge in [-0.3, -0.25) is 0 Å². The first-order valence-electron chi connectivity index (χ1n) is 25.0. The normalized spacial score (nSPS) is 23.0. The predicted octanol–water partition coefficient (Wildman–Crippen LogP) is 18.3. The van der Waals surface area contributed by atoms with Crippen LogP contribution in [0.25, 0.3) is 86.6 Å². The third kappa shape index (κ3) is 4.95. The van der Waals surface area contributed by atoms with Crippen molar-refractivity contribution < 1.29 is 0 Å². The van der Waals surface area contributed by atoms with Gasteiger partial charge in [0, 0.05) is 42.5 Å². The Morgan fingerprint density at radius 2 is 0.942 bits per heavy atom. The summed E-state index contributed by atoms with van der Waals surface area (Å²) in [4.78, 5) is 2.48. The lowest BCUT2D eigenvalue weighted by Crippen LogP contribution is -2.88. The summed E-state index contributed by atoms with van der Waals surface area (Å²) in [6.07, 6.45) is 4.34. The van der Waals surface area contributed by atoms with Crippen molar-refractivity contribution in [3.63, 3.8) is 0 Å². The minimum Gasteiger partial charge on any atom is -0.310 e. The summed E-state index contributed by atoms with van der Waals surface area (Å²) in [6, 6.07) is 84.6. The molecule has 69 heavy (non-hydrogen) atoms. The maximum absolute atomic E-state index is 2.62. The maximum atomic E-state index is 2.62. The largest absolute Gasteiger partial charge is 0.310 e. The number of thiophene rings is 1. The van der Waals surface area contributed by atoms with E-state index in [9.17, 15) is 0 Å². The van der Waals surface area contributed by atoms with E-state index in [0.717, 1.165) is 40.7 Å². The van der Waals surface area contributed by atoms with Gasteiger partial charge < -0.3 is 4.90 Å². The Hall–Kier alpha value is -7.52. The fraction of sp³-hybridized carbons (Fsp3) is 0.134. The van der Waals surface area contributed by atoms with E-state index in [1.165, 1.54) is 106 Å². The highest BCUT2D eigenvalue weighted by Crippen LogP contribution is 2.94. The molecular weight excluding hydrogens is 851 g/mol. The van der Waals surface area contributed by atoms with E-state index in [0.29, 0.717) is 5.41 Å². The van der Waals surface area contributed by atoms with E-state index in [-0.39, 0.29) is 5.41 Å². The van der Waals surface area contributed by atoms with Crippen molar-refractivity contribution in [2.24, 2.45) is 29.1 Å². The molecule has 4 atom stereocenters. The van der Waals surface area contributed by atoms with Gasteiger partial charge in [0.25, 0.3) is 0 Å². The number of rotatable bonds is 7. The first-order chi connectivity index (χ1) is 34.2. The van der Waals surface area contributed by atoms with Crippen LogP contribution in [0.1, 0.15) is 30.4 Å². The second-order valence-electron chi connectivity index (χ2n) is 20.7. The molecule has 1 nitrogen and oxygen atoms in total. The van der Waals surface area contributed by atoms with E-state index in [2.05, 4.69) is 229 Å². The van der Waals surface area contributed by atoms with Crippen LogP contribution in [0, 0.1) is 29.1 Å². The lowest BCUT2D eigenvalue weighted by Gasteiger charge is -2.92. The number of hydrogen-bond donors (Lipinski definition) is 0. The van der Waals surface area contributed by atoms with Crippen molar-refractivity contribution in [2.45, 2.75) is 24.7 Å². The van der Waals surface area contributed by atoms with Crippen LogP contribution >= 0.6 is 11.3 Å². The SMILES string of the molecule is c1ccc(-c2cccc3cccc(-c4ccccc4N(c4ccc(-c5ccc6c(c5)C5(c7ccccc7-6)C6CC7CC8CC5C786)cc4)c4ccc(-c5cccc6sc7ccccc7c56)cc4)c23)cc1. The molecule has 1 aromatic heterocycles. The third-order valence-corrected chi connectivity index (χ3v) is 19.3. The molecule has 5 aliphatic carbocycles. The standard InChI is InChI=1S/C67H47NS/c1-2-13-42(14-3-1)50-20-10-15-44-16-11-22-55(64(44)50)54-18-5-8-24-59(54)68(49-34-29-43(30-35-49)51-21-12-26-61-65(51)56-19-6-9-25-60(56)69-61)48-32-27-41(28-33-48)45-31-36-53-52-17-4-7-23-57(52)67(58(53)37-45)62-39-46-38-47-40-63(67)66(46,47)62/h1-37,46-47,62-63H,38-40H2. The summed E-state index contributed by atoms with van der Waals surface area (Å²) < 4.78 is 2.65. The van der Waals surface area contributed by atoms with E-state index < -0.39 is 0 Å². The zero-order valence-electron chi connectivity index (χ0n) is 38.1. The first-order valence-corrected chi connectivity index (χ1v) is 25.8. The fourth-order valence-corrected chi connectivity index (χ4v) is 16.6. The molecule has 4 unspecified atom stereocenters. The predicted molar refractivity (Wildman–Crippen MR) is 290 cm³/mol. The molecule has 0 aliphatic heterocycles. The molecule has 0 N–H and O–H groups in total. The lowest BCUT2D eigenvalue weighted by molar-refractivity contribution is -0.412. The Bertz CT molecular complexity index is 3890. The van der Waals surface area contributed by atoms with Gasteiger partial charge in [-0.25, -0.2) is 0 Å². The van der Waals surface area contributed by atoms with Gasteiger partial charge in [-0.2, -0.15) is 0 Å². The molecule has 4 saturated carbocycles. The highest BCUT2D eigenvalue weighted by Gasteiger charge is 2.90. The van der Waals surface area contributed by atoms with Crippen LogP contribution in [0.3, 0.4) is 0 Å². The number of hydrogen-bond acceptors (Lipinski definition) is 2. The van der Waals surface area contributed by atoms with Gasteiger partial charge in [0.05, 0.1) is 5.69 Å². The summed E-state index contributed by atoms with van der Waals surface area (Å²) in [6.45, 7) is 0. The van der Waals surface area contributed by atoms with Crippen LogP contribution in [0.4, 0.5) is 17.1 Å². The monoisotopic (exact) mass is 897 g/mol. The molecule has 0 radical (unpaired) electrons. The second kappa shape index (κ2) is 14.0. The number of para-hydroxylation sites is 1. The van der Waals surface area contributed by atoms with Crippen LogP contribution in [-0.2, 0) is 5.41 Å². The van der Waals surface area contributed by atoms with Gasteiger partial charge in [0.1, 0.15) is 0 Å². The van der Waals surface area contributed by atoms with Gasteiger partial charge in [-0.15, -0.1) is 11.3 Å². The Kier molecular flexibility index (Phi) is 7.82. The zero-order chi connectivity index (χ0) is 45.0. The lowest BCUT2D eigenvalue weighted by atomic mass is 9.11. The van der Waals surface area contributed by atoms with Crippen molar-refractivity contribution in [3.8, 4) is 55.6 Å². The molecule has 10 aromatic carbocycles. The van der Waals surface area contributed by atoms with Crippen LogP contribution in [0.5, 0.6) is 0 Å². The van der Waals surface area contributed by atoms with E-state index >= 15 is 0 Å². The first kappa shape index (κ1) is 38.4. The molecule has 0 bridgehead atoms. The molecule has 326 valence electrons. The summed E-state index contributed by atoms with van der Waals surface area (Å²) >= 11 is 1.88. The maximum Gasteiger partial charge on any atom is 0.0540 e. The molecule has 4 fully saturated rings. The van der Waals surface area contributed by atoms with E-state index in [4.69, 9.17) is 0 Å². The average molecular weight is 898 g/mol. The zero-order valence-corrected chi connectivity index (χ0v) is 39.0. The fourth-order valence-electron chi connectivity index (χ4n) is 15.5. The van der Waals surface area contributed by atoms with Crippen molar-refractivity contribution in [1.82, 2.24) is 0 Å². The van der Waals surface area contributed by atoms with Gasteiger partial charge in [-0.1, -0.05) is 176 Å². The van der Waals surface area contributed by atoms with Crippen molar-refractivity contribution in [2.75, 3.05) is 4.90 Å². The topological polar surface area (TPSA) is 3.24 Å². The van der Waals surface area contributed by atoms with Crippen LogP contribution < -0.4 is 4.90 Å². The summed E-state index contributed by atoms with van der Waals surface area (Å²) in [7, 11) is 0. The van der Waals surface area contributed by atoms with Gasteiger partial charge in [0.15, 0.2) is 0 Å². The quantitative estimate of drug-likeness (QED) is 0.154. The summed E-state index contributed by atoms with van der Waals surface area (Å²) in [5.41, 5.74) is 20.4. The highest BCUT2D eigenvalue weighted by atomic mass is 32.1. The molecule has 2 heteroatoms.